The van der Waals surface area contributed by atoms with Gasteiger partial charge >= 0.3 is 12.0 Å². The number of piperidine rings is 1. The lowest BCUT2D eigenvalue weighted by Gasteiger charge is -2.40. The molecule has 0 radical (unpaired) electrons. The van der Waals surface area contributed by atoms with Crippen molar-refractivity contribution in [3.63, 3.8) is 0 Å². The largest absolute Gasteiger partial charge is 0.462 e. The number of carbonyl (C=O) groups is 2. The smallest absolute Gasteiger partial charge is 0.338 e. The number of hydrogen-bond donors (Lipinski definition) is 2. The number of hydrogen-bond acceptors (Lipinski definition) is 4. The third kappa shape index (κ3) is 5.47. The Morgan fingerprint density at radius 2 is 1.93 bits per heavy atom. The zero-order chi connectivity index (χ0) is 20.0. The molecule has 3 rings (SSSR count). The fourth-order valence-corrected chi connectivity index (χ4v) is 4.40. The van der Waals surface area contributed by atoms with Crippen LogP contribution in [0.25, 0.3) is 0 Å². The van der Waals surface area contributed by atoms with Gasteiger partial charge in [0.15, 0.2) is 0 Å². The van der Waals surface area contributed by atoms with E-state index in [1.54, 1.807) is 36.1 Å². The summed E-state index contributed by atoms with van der Waals surface area (Å²) in [4.78, 5) is 26.2. The second-order valence-corrected chi connectivity index (χ2v) is 8.15. The van der Waals surface area contributed by atoms with Gasteiger partial charge in [0, 0.05) is 18.8 Å². The van der Waals surface area contributed by atoms with Crippen molar-refractivity contribution in [3.05, 3.63) is 29.8 Å². The van der Waals surface area contributed by atoms with E-state index in [-0.39, 0.29) is 6.03 Å². The van der Waals surface area contributed by atoms with Gasteiger partial charge in [-0.1, -0.05) is 38.2 Å². The van der Waals surface area contributed by atoms with Gasteiger partial charge in [0.2, 0.25) is 0 Å². The second-order valence-electron chi connectivity index (χ2n) is 8.15. The predicted molar refractivity (Wildman–Crippen MR) is 108 cm³/mol. The molecule has 2 fully saturated rings. The van der Waals surface area contributed by atoms with Crippen molar-refractivity contribution in [2.24, 2.45) is 5.92 Å². The molecule has 28 heavy (non-hydrogen) atoms. The van der Waals surface area contributed by atoms with Crippen LogP contribution in [0.15, 0.2) is 24.3 Å². The van der Waals surface area contributed by atoms with Crippen LogP contribution in [0.5, 0.6) is 0 Å². The summed E-state index contributed by atoms with van der Waals surface area (Å²) in [7, 11) is 0. The summed E-state index contributed by atoms with van der Waals surface area (Å²) in [5.41, 5.74) is 0.349. The summed E-state index contributed by atoms with van der Waals surface area (Å²) in [6.45, 7) is 3.17. The highest BCUT2D eigenvalue weighted by molar-refractivity contribution is 5.94. The van der Waals surface area contributed by atoms with E-state index in [9.17, 15) is 14.7 Å². The fraction of sp³-hybridized carbons (Fsp3) is 0.636. The minimum atomic E-state index is -0.636. The summed E-state index contributed by atoms with van der Waals surface area (Å²) < 4.78 is 5.00. The molecule has 1 aromatic carbocycles. The van der Waals surface area contributed by atoms with Crippen molar-refractivity contribution in [3.8, 4) is 0 Å². The van der Waals surface area contributed by atoms with Crippen molar-refractivity contribution in [1.82, 2.24) is 4.90 Å². The van der Waals surface area contributed by atoms with Gasteiger partial charge in [0.05, 0.1) is 17.8 Å². The van der Waals surface area contributed by atoms with Gasteiger partial charge in [-0.2, -0.15) is 0 Å². The normalized spacial score (nSPS) is 19.9. The maximum atomic E-state index is 12.6. The van der Waals surface area contributed by atoms with Crippen molar-refractivity contribution in [1.29, 1.82) is 0 Å². The first-order valence-corrected chi connectivity index (χ1v) is 10.5. The number of urea groups is 1. The number of esters is 1. The van der Waals surface area contributed by atoms with Crippen molar-refractivity contribution in [2.75, 3.05) is 25.0 Å². The number of nitrogens with zero attached hydrogens (tertiary/aromatic N) is 1. The lowest BCUT2D eigenvalue weighted by molar-refractivity contribution is -0.0337. The Morgan fingerprint density at radius 3 is 2.61 bits per heavy atom. The molecule has 154 valence electrons. The van der Waals surface area contributed by atoms with Gasteiger partial charge in [-0.3, -0.25) is 0 Å². The highest BCUT2D eigenvalue weighted by atomic mass is 16.5. The maximum absolute atomic E-state index is 12.6. The molecular weight excluding hydrogens is 356 g/mol. The number of anilines is 1. The van der Waals surface area contributed by atoms with Crippen molar-refractivity contribution in [2.45, 2.75) is 63.9 Å². The van der Waals surface area contributed by atoms with Gasteiger partial charge in [-0.15, -0.1) is 0 Å². The number of rotatable bonds is 5. The molecular formula is C22H32N2O4. The maximum Gasteiger partial charge on any atom is 0.338 e. The van der Waals surface area contributed by atoms with Crippen LogP contribution >= 0.6 is 0 Å². The topological polar surface area (TPSA) is 78.9 Å². The molecule has 0 bridgehead atoms. The summed E-state index contributed by atoms with van der Waals surface area (Å²) in [5, 5.41) is 13.8. The third-order valence-electron chi connectivity index (χ3n) is 6.00. The average molecular weight is 389 g/mol. The summed E-state index contributed by atoms with van der Waals surface area (Å²) in [5.74, 6) is 0.231. The van der Waals surface area contributed by atoms with E-state index >= 15 is 0 Å². The molecule has 1 aliphatic carbocycles. The lowest BCUT2D eigenvalue weighted by atomic mass is 9.77. The molecule has 1 aliphatic heterocycles. The van der Waals surface area contributed by atoms with Crippen LogP contribution < -0.4 is 5.32 Å². The Bertz CT molecular complexity index is 677. The summed E-state index contributed by atoms with van der Waals surface area (Å²) >= 11 is 0. The van der Waals surface area contributed by atoms with Gasteiger partial charge < -0.3 is 20.1 Å². The monoisotopic (exact) mass is 388 g/mol. The highest BCUT2D eigenvalue weighted by Crippen LogP contribution is 2.35. The Morgan fingerprint density at radius 1 is 1.21 bits per heavy atom. The number of amides is 2. The Hall–Kier alpha value is -2.08. The number of aliphatic hydroxyl groups is 1. The summed E-state index contributed by atoms with van der Waals surface area (Å²) in [6, 6.07) is 6.57. The fourth-order valence-electron chi connectivity index (χ4n) is 4.40. The minimum Gasteiger partial charge on any atom is -0.462 e. The van der Waals surface area contributed by atoms with Crippen LogP contribution in [0.3, 0.4) is 0 Å². The molecule has 2 aliphatic rings. The van der Waals surface area contributed by atoms with Gasteiger partial charge in [-0.25, -0.2) is 9.59 Å². The number of benzene rings is 1. The van der Waals surface area contributed by atoms with E-state index in [4.69, 9.17) is 4.74 Å². The summed E-state index contributed by atoms with van der Waals surface area (Å²) in [6.07, 6.45) is 8.44. The molecule has 0 atom stereocenters. The van der Waals surface area contributed by atoms with Gasteiger partial charge in [0.1, 0.15) is 0 Å². The molecule has 1 saturated heterocycles. The zero-order valence-corrected chi connectivity index (χ0v) is 16.8. The second kappa shape index (κ2) is 9.41. The zero-order valence-electron chi connectivity index (χ0n) is 16.8. The van der Waals surface area contributed by atoms with Crippen LogP contribution in [0.4, 0.5) is 10.5 Å². The van der Waals surface area contributed by atoms with E-state index in [0.717, 1.165) is 6.42 Å². The van der Waals surface area contributed by atoms with E-state index in [1.165, 1.54) is 32.1 Å². The van der Waals surface area contributed by atoms with Crippen LogP contribution in [0, 0.1) is 5.92 Å². The van der Waals surface area contributed by atoms with Crippen LogP contribution in [-0.4, -0.2) is 47.3 Å². The molecule has 6 nitrogen and oxygen atoms in total. The first-order valence-electron chi connectivity index (χ1n) is 10.5. The Kier molecular flexibility index (Phi) is 6.94. The average Bonchev–Trinajstić information content (AvgIpc) is 2.69. The SMILES string of the molecule is CCOC(=O)c1cccc(NC(=O)N2CCC(O)(CC3CCCCC3)CC2)c1. The molecule has 2 N–H and O–H groups in total. The Balaban J connectivity index is 1.51. The molecule has 0 spiro atoms. The van der Waals surface area contributed by atoms with Crippen LogP contribution in [-0.2, 0) is 4.74 Å². The minimum absolute atomic E-state index is 0.194. The van der Waals surface area contributed by atoms with Crippen LogP contribution in [0.2, 0.25) is 0 Å². The molecule has 6 heteroatoms. The molecule has 1 saturated carbocycles. The first kappa shape index (κ1) is 20.6. The quantitative estimate of drug-likeness (QED) is 0.741. The highest BCUT2D eigenvalue weighted by Gasteiger charge is 2.36. The third-order valence-corrected chi connectivity index (χ3v) is 6.00. The van der Waals surface area contributed by atoms with Crippen molar-refractivity contribution < 1.29 is 19.4 Å². The lowest BCUT2D eigenvalue weighted by Crippen LogP contribution is -2.48. The Labute approximate surface area is 167 Å². The molecule has 2 amide bonds. The number of carbonyl (C=O) groups excluding carboxylic acids is 2. The molecule has 1 aromatic rings. The van der Waals surface area contributed by atoms with E-state index in [0.29, 0.717) is 49.7 Å². The van der Waals surface area contributed by atoms with E-state index < -0.39 is 11.6 Å². The van der Waals surface area contributed by atoms with E-state index in [2.05, 4.69) is 5.32 Å². The van der Waals surface area contributed by atoms with Gasteiger partial charge in [-0.05, 0) is 50.3 Å². The number of nitrogens with one attached hydrogen (secondary N) is 1. The molecule has 1 heterocycles. The standard InChI is InChI=1S/C22H32N2O4/c1-2-28-20(25)18-9-6-10-19(15-18)23-21(26)24-13-11-22(27,12-14-24)16-17-7-4-3-5-8-17/h6,9-10,15,17,27H,2-5,7-8,11-14,16H2,1H3,(H,23,26). The van der Waals surface area contributed by atoms with Crippen molar-refractivity contribution >= 4 is 17.7 Å². The number of ether oxygens (including phenoxy) is 1. The molecule has 0 unspecified atom stereocenters. The van der Waals surface area contributed by atoms with Gasteiger partial charge in [0.25, 0.3) is 0 Å². The first-order chi connectivity index (χ1) is 13.5. The predicted octanol–water partition coefficient (Wildman–Crippen LogP) is 4.19. The molecule has 0 aromatic heterocycles. The van der Waals surface area contributed by atoms with Crippen LogP contribution in [0.1, 0.15) is 68.6 Å². The number of likely N-dealkylation sites (tertiary alicyclic amines) is 1. The van der Waals surface area contributed by atoms with E-state index in [1.807, 2.05) is 0 Å².